The van der Waals surface area contributed by atoms with E-state index < -0.39 is 0 Å². The molecule has 0 aromatic carbocycles. The molecule has 0 amide bonds. The van der Waals surface area contributed by atoms with Crippen LogP contribution in [0.2, 0.25) is 0 Å². The summed E-state index contributed by atoms with van der Waals surface area (Å²) in [5.74, 6) is 1.12. The molecule has 0 fully saturated rings. The first-order valence-electron chi connectivity index (χ1n) is 7.40. The van der Waals surface area contributed by atoms with Crippen molar-refractivity contribution >= 4 is 11.8 Å². The van der Waals surface area contributed by atoms with E-state index in [1.807, 2.05) is 52.8 Å². The molecule has 2 heterocycles. The van der Waals surface area contributed by atoms with E-state index in [0.29, 0.717) is 24.1 Å². The number of rotatable bonds is 3. The van der Waals surface area contributed by atoms with Crippen molar-refractivity contribution in [1.82, 2.24) is 4.98 Å². The Bertz CT molecular complexity index is 510. The summed E-state index contributed by atoms with van der Waals surface area (Å²) < 4.78 is 10.8. The van der Waals surface area contributed by atoms with Gasteiger partial charge >= 0.3 is 0 Å². The molecule has 1 aliphatic rings. The van der Waals surface area contributed by atoms with Crippen LogP contribution in [0.25, 0.3) is 0 Å². The molecule has 1 unspecified atom stereocenters. The molecule has 0 bridgehead atoms. The molecule has 0 aliphatic carbocycles. The maximum atomic E-state index is 5.51. The second-order valence-corrected chi connectivity index (χ2v) is 4.73. The Hall–Kier alpha value is -1.91. The summed E-state index contributed by atoms with van der Waals surface area (Å²) in [5, 5.41) is 0. The number of hydrogen-bond acceptors (Lipinski definition) is 5. The van der Waals surface area contributed by atoms with E-state index in [-0.39, 0.29) is 12.1 Å². The zero-order valence-corrected chi connectivity index (χ0v) is 13.8. The summed E-state index contributed by atoms with van der Waals surface area (Å²) in [4.78, 5) is 13.3. The van der Waals surface area contributed by atoms with Crippen LogP contribution in [0.15, 0.2) is 28.2 Å². The highest BCUT2D eigenvalue weighted by molar-refractivity contribution is 5.96. The van der Waals surface area contributed by atoms with Gasteiger partial charge in [-0.2, -0.15) is 0 Å². The number of aliphatic imine (C=N–C) groups is 2. The zero-order chi connectivity index (χ0) is 15.8. The van der Waals surface area contributed by atoms with Crippen molar-refractivity contribution in [3.05, 3.63) is 29.6 Å². The molecule has 5 heteroatoms. The number of hydrogen-bond donors (Lipinski definition) is 0. The van der Waals surface area contributed by atoms with Crippen molar-refractivity contribution in [3.63, 3.8) is 0 Å². The lowest BCUT2D eigenvalue weighted by Gasteiger charge is -2.08. The minimum Gasteiger partial charge on any atom is -0.480 e. The van der Waals surface area contributed by atoms with Crippen molar-refractivity contribution in [2.45, 2.75) is 46.7 Å². The molecule has 2 rings (SSSR count). The van der Waals surface area contributed by atoms with Gasteiger partial charge in [-0.25, -0.2) is 15.0 Å². The van der Waals surface area contributed by atoms with Crippen LogP contribution in [0.1, 0.15) is 46.0 Å². The highest BCUT2D eigenvalue weighted by atomic mass is 16.5. The predicted octanol–water partition coefficient (Wildman–Crippen LogP) is 3.07. The Morgan fingerprint density at radius 2 is 2.10 bits per heavy atom. The fraction of sp³-hybridized carbons (Fsp3) is 0.562. The first-order chi connectivity index (χ1) is 10.1. The summed E-state index contributed by atoms with van der Waals surface area (Å²) in [6.45, 7) is 10.6. The molecule has 21 heavy (non-hydrogen) atoms. The van der Waals surface area contributed by atoms with E-state index in [1.165, 1.54) is 0 Å². The molecule has 0 saturated carbocycles. The third-order valence-corrected chi connectivity index (χ3v) is 2.56. The fourth-order valence-electron chi connectivity index (χ4n) is 1.75. The molecule has 0 saturated heterocycles. The van der Waals surface area contributed by atoms with Crippen molar-refractivity contribution in [2.24, 2.45) is 9.98 Å². The van der Waals surface area contributed by atoms with Gasteiger partial charge in [-0.05, 0) is 32.9 Å². The van der Waals surface area contributed by atoms with E-state index in [1.54, 1.807) is 7.11 Å². The standard InChI is InChI=1S/C14H19N3O2.C2H6/c1-9(2)15-13(18-4)11-6-5-7-12(17-11)14-16-10(3)8-19-14;1-2/h5-7,9-10H,8H2,1-4H3;1-2H3. The topological polar surface area (TPSA) is 56.1 Å². The molecule has 1 aliphatic heterocycles. The quantitative estimate of drug-likeness (QED) is 0.635. The second-order valence-electron chi connectivity index (χ2n) is 4.73. The Morgan fingerprint density at radius 3 is 2.62 bits per heavy atom. The van der Waals surface area contributed by atoms with Crippen LogP contribution in [0.4, 0.5) is 0 Å². The summed E-state index contributed by atoms with van der Waals surface area (Å²) in [6.07, 6.45) is 0. The lowest BCUT2D eigenvalue weighted by atomic mass is 10.3. The summed E-state index contributed by atoms with van der Waals surface area (Å²) >= 11 is 0. The average molecular weight is 291 g/mol. The average Bonchev–Trinajstić information content (AvgIpc) is 2.93. The molecule has 0 spiro atoms. The molecule has 0 N–H and O–H groups in total. The van der Waals surface area contributed by atoms with Gasteiger partial charge in [-0.1, -0.05) is 19.9 Å². The summed E-state index contributed by atoms with van der Waals surface area (Å²) in [5.41, 5.74) is 1.41. The van der Waals surface area contributed by atoms with Crippen LogP contribution in [0.5, 0.6) is 0 Å². The highest BCUT2D eigenvalue weighted by Gasteiger charge is 2.18. The SMILES string of the molecule is CC.COC(=NC(C)C)c1cccc(C2=NC(C)CO2)n1. The maximum Gasteiger partial charge on any atom is 0.235 e. The summed E-state index contributed by atoms with van der Waals surface area (Å²) in [7, 11) is 1.60. The van der Waals surface area contributed by atoms with Gasteiger partial charge in [0.15, 0.2) is 0 Å². The van der Waals surface area contributed by atoms with Gasteiger partial charge in [-0.3, -0.25) is 0 Å². The molecule has 0 radical (unpaired) electrons. The van der Waals surface area contributed by atoms with Gasteiger partial charge < -0.3 is 9.47 Å². The van der Waals surface area contributed by atoms with Crippen LogP contribution in [-0.2, 0) is 9.47 Å². The lowest BCUT2D eigenvalue weighted by Crippen LogP contribution is -2.12. The highest BCUT2D eigenvalue weighted by Crippen LogP contribution is 2.11. The van der Waals surface area contributed by atoms with E-state index in [2.05, 4.69) is 15.0 Å². The Labute approximate surface area is 127 Å². The molecular formula is C16H25N3O2. The van der Waals surface area contributed by atoms with Gasteiger partial charge in [0.2, 0.25) is 11.8 Å². The smallest absolute Gasteiger partial charge is 0.235 e. The Balaban J connectivity index is 0.00000106. The number of nitrogens with zero attached hydrogens (tertiary/aromatic N) is 3. The van der Waals surface area contributed by atoms with Gasteiger partial charge in [0, 0.05) is 6.04 Å². The lowest BCUT2D eigenvalue weighted by molar-refractivity contribution is 0.323. The fourth-order valence-corrected chi connectivity index (χ4v) is 1.75. The van der Waals surface area contributed by atoms with E-state index in [9.17, 15) is 0 Å². The maximum absolute atomic E-state index is 5.51. The minimum absolute atomic E-state index is 0.153. The van der Waals surface area contributed by atoms with Crippen LogP contribution >= 0.6 is 0 Å². The number of ether oxygens (including phenoxy) is 2. The first kappa shape index (κ1) is 17.1. The summed E-state index contributed by atoms with van der Waals surface area (Å²) in [6, 6.07) is 5.99. The third-order valence-electron chi connectivity index (χ3n) is 2.56. The van der Waals surface area contributed by atoms with Gasteiger partial charge in [-0.15, -0.1) is 0 Å². The van der Waals surface area contributed by atoms with E-state index >= 15 is 0 Å². The normalized spacial score (nSPS) is 17.8. The number of methoxy groups -OCH3 is 1. The molecule has 116 valence electrons. The molecule has 1 atom stereocenters. The number of pyridine rings is 1. The Morgan fingerprint density at radius 1 is 1.38 bits per heavy atom. The predicted molar refractivity (Wildman–Crippen MR) is 86.2 cm³/mol. The van der Waals surface area contributed by atoms with Crippen molar-refractivity contribution in [3.8, 4) is 0 Å². The van der Waals surface area contributed by atoms with Gasteiger partial charge in [0.1, 0.15) is 18.0 Å². The van der Waals surface area contributed by atoms with E-state index in [4.69, 9.17) is 9.47 Å². The molecule has 5 nitrogen and oxygen atoms in total. The van der Waals surface area contributed by atoms with Crippen LogP contribution in [0, 0.1) is 0 Å². The molecule has 1 aromatic rings. The van der Waals surface area contributed by atoms with Crippen LogP contribution < -0.4 is 0 Å². The van der Waals surface area contributed by atoms with Gasteiger partial charge in [0.05, 0.1) is 13.2 Å². The van der Waals surface area contributed by atoms with Crippen molar-refractivity contribution in [2.75, 3.05) is 13.7 Å². The minimum atomic E-state index is 0.153. The second kappa shape index (κ2) is 8.39. The van der Waals surface area contributed by atoms with Crippen molar-refractivity contribution < 1.29 is 9.47 Å². The Kier molecular flexibility index (Phi) is 6.85. The van der Waals surface area contributed by atoms with Gasteiger partial charge in [0.25, 0.3) is 0 Å². The number of aromatic nitrogens is 1. The largest absolute Gasteiger partial charge is 0.480 e. The van der Waals surface area contributed by atoms with E-state index in [0.717, 1.165) is 5.69 Å². The van der Waals surface area contributed by atoms with Crippen LogP contribution in [-0.4, -0.2) is 42.6 Å². The molecule has 1 aromatic heterocycles. The molecular weight excluding hydrogens is 266 g/mol. The third kappa shape index (κ3) is 4.85. The first-order valence-corrected chi connectivity index (χ1v) is 7.40. The zero-order valence-electron chi connectivity index (χ0n) is 13.8. The van der Waals surface area contributed by atoms with Crippen LogP contribution in [0.3, 0.4) is 0 Å². The monoisotopic (exact) mass is 291 g/mol. The van der Waals surface area contributed by atoms with Crippen molar-refractivity contribution in [1.29, 1.82) is 0 Å².